The maximum absolute atomic E-state index is 12.5. The van der Waals surface area contributed by atoms with Gasteiger partial charge in [0.15, 0.2) is 0 Å². The molecule has 6 heteroatoms. The summed E-state index contributed by atoms with van der Waals surface area (Å²) in [6, 6.07) is 25.0. The van der Waals surface area contributed by atoms with Gasteiger partial charge >= 0.3 is 5.97 Å². The molecule has 0 spiro atoms. The van der Waals surface area contributed by atoms with Crippen LogP contribution in [0.25, 0.3) is 11.1 Å². The van der Waals surface area contributed by atoms with Gasteiger partial charge in [-0.1, -0.05) is 78.9 Å². The Kier molecular flexibility index (Phi) is 8.77. The number of aryl methyl sites for hydroxylation is 1. The molecule has 3 aromatic carbocycles. The summed E-state index contributed by atoms with van der Waals surface area (Å²) in [6.07, 6.45) is 4.26. The fourth-order valence-corrected chi connectivity index (χ4v) is 3.70. The van der Waals surface area contributed by atoms with Gasteiger partial charge in [0.2, 0.25) is 5.91 Å². The first-order valence-corrected chi connectivity index (χ1v) is 11.0. The minimum absolute atomic E-state index is 0.136. The second-order valence-electron chi connectivity index (χ2n) is 7.93. The molecule has 0 aliphatic heterocycles. The van der Waals surface area contributed by atoms with Crippen molar-refractivity contribution in [2.75, 3.05) is 0 Å². The first-order chi connectivity index (χ1) is 16.0. The van der Waals surface area contributed by atoms with E-state index in [0.717, 1.165) is 41.5 Å². The van der Waals surface area contributed by atoms with Crippen molar-refractivity contribution in [1.82, 2.24) is 5.32 Å². The number of nitrogens with one attached hydrogen (secondary N) is 1. The van der Waals surface area contributed by atoms with Crippen LogP contribution in [0.3, 0.4) is 0 Å². The number of nitrogens with two attached hydrogens (primary N) is 1. The van der Waals surface area contributed by atoms with E-state index in [1.54, 1.807) is 6.21 Å². The lowest BCUT2D eigenvalue weighted by molar-refractivity contribution is -0.137. The van der Waals surface area contributed by atoms with E-state index in [0.29, 0.717) is 6.42 Å². The molecule has 33 heavy (non-hydrogen) atoms. The van der Waals surface area contributed by atoms with E-state index in [-0.39, 0.29) is 12.3 Å². The summed E-state index contributed by atoms with van der Waals surface area (Å²) >= 11 is 0. The van der Waals surface area contributed by atoms with Crippen molar-refractivity contribution < 1.29 is 14.7 Å². The van der Waals surface area contributed by atoms with Crippen LogP contribution in [0.2, 0.25) is 0 Å². The lowest BCUT2D eigenvalue weighted by Crippen LogP contribution is -2.30. The summed E-state index contributed by atoms with van der Waals surface area (Å²) in [5.74, 6) is 4.07. The number of aliphatic carboxylic acids is 1. The fraction of sp³-hybridized carbons (Fsp3) is 0.222. The van der Waals surface area contributed by atoms with Crippen LogP contribution < -0.4 is 11.2 Å². The van der Waals surface area contributed by atoms with Gasteiger partial charge in [-0.25, -0.2) is 0 Å². The molecule has 0 saturated carbocycles. The highest BCUT2D eigenvalue weighted by atomic mass is 16.4. The zero-order valence-corrected chi connectivity index (χ0v) is 18.5. The highest BCUT2D eigenvalue weighted by molar-refractivity contribution is 5.79. The highest BCUT2D eigenvalue weighted by Gasteiger charge is 2.18. The molecular weight excluding hydrogens is 414 g/mol. The van der Waals surface area contributed by atoms with Crippen LogP contribution in [-0.2, 0) is 16.0 Å². The van der Waals surface area contributed by atoms with Crippen molar-refractivity contribution in [3.63, 3.8) is 0 Å². The number of carboxylic acid groups (broad SMARTS) is 1. The molecule has 170 valence electrons. The van der Waals surface area contributed by atoms with E-state index in [1.165, 1.54) is 5.56 Å². The molecule has 4 N–H and O–H groups in total. The zero-order chi connectivity index (χ0) is 23.5. The molecule has 0 heterocycles. The van der Waals surface area contributed by atoms with Crippen LogP contribution in [0.1, 0.15) is 48.4 Å². The van der Waals surface area contributed by atoms with E-state index in [2.05, 4.69) is 10.4 Å². The number of hydrogen-bond acceptors (Lipinski definition) is 4. The first kappa shape index (κ1) is 23.7. The number of carboxylic acids is 1. The zero-order valence-electron chi connectivity index (χ0n) is 18.5. The number of unbranched alkanes of at least 4 members (excludes halogenated alkanes) is 1. The minimum Gasteiger partial charge on any atom is -0.481 e. The Hall–Kier alpha value is -3.93. The molecule has 0 saturated heterocycles. The quantitative estimate of drug-likeness (QED) is 0.173. The number of rotatable bonds is 11. The Morgan fingerprint density at radius 3 is 2.21 bits per heavy atom. The topological polar surface area (TPSA) is 105 Å². The predicted octanol–water partition coefficient (Wildman–Crippen LogP) is 4.69. The largest absolute Gasteiger partial charge is 0.481 e. The van der Waals surface area contributed by atoms with Crippen molar-refractivity contribution >= 4 is 18.1 Å². The minimum atomic E-state index is -0.949. The van der Waals surface area contributed by atoms with Crippen LogP contribution >= 0.6 is 0 Å². The SMILES string of the molecule is NN=Cc1ccc(CCCCC(=O)NC(CC(=O)O)c2ccc(-c3ccccc3)cc2)cc1. The Morgan fingerprint density at radius 2 is 1.58 bits per heavy atom. The normalized spacial score (nSPS) is 11.9. The van der Waals surface area contributed by atoms with Gasteiger partial charge in [0, 0.05) is 6.42 Å². The average Bonchev–Trinajstić information content (AvgIpc) is 2.83. The molecule has 0 aliphatic carbocycles. The third-order valence-electron chi connectivity index (χ3n) is 5.46. The second kappa shape index (κ2) is 12.2. The number of carbonyl (C=O) groups excluding carboxylic acids is 1. The summed E-state index contributed by atoms with van der Waals surface area (Å²) in [6.45, 7) is 0. The smallest absolute Gasteiger partial charge is 0.305 e. The van der Waals surface area contributed by atoms with Crippen LogP contribution in [0, 0.1) is 0 Å². The monoisotopic (exact) mass is 443 g/mol. The molecule has 0 radical (unpaired) electrons. The molecule has 1 atom stereocenters. The van der Waals surface area contributed by atoms with Crippen LogP contribution in [-0.4, -0.2) is 23.2 Å². The van der Waals surface area contributed by atoms with Gasteiger partial charge in [0.05, 0.1) is 18.7 Å². The summed E-state index contributed by atoms with van der Waals surface area (Å²) < 4.78 is 0. The molecule has 0 aromatic heterocycles. The van der Waals surface area contributed by atoms with Crippen molar-refractivity contribution in [2.24, 2.45) is 10.9 Å². The van der Waals surface area contributed by atoms with Crippen molar-refractivity contribution in [1.29, 1.82) is 0 Å². The summed E-state index contributed by atoms with van der Waals surface area (Å²) in [5, 5.41) is 15.7. The molecule has 3 aromatic rings. The third-order valence-corrected chi connectivity index (χ3v) is 5.46. The maximum Gasteiger partial charge on any atom is 0.305 e. The Labute approximate surface area is 194 Å². The number of amides is 1. The molecular formula is C27H29N3O3. The molecule has 0 aliphatic rings. The summed E-state index contributed by atoms with van der Waals surface area (Å²) in [7, 11) is 0. The van der Waals surface area contributed by atoms with E-state index in [9.17, 15) is 14.7 Å². The van der Waals surface area contributed by atoms with Gasteiger partial charge in [-0.2, -0.15) is 5.10 Å². The maximum atomic E-state index is 12.5. The lowest BCUT2D eigenvalue weighted by Gasteiger charge is -2.18. The number of hydrogen-bond donors (Lipinski definition) is 3. The first-order valence-electron chi connectivity index (χ1n) is 11.0. The van der Waals surface area contributed by atoms with Gasteiger partial charge in [-0.05, 0) is 47.1 Å². The van der Waals surface area contributed by atoms with Gasteiger partial charge in [0.1, 0.15) is 0 Å². The molecule has 0 fully saturated rings. The van der Waals surface area contributed by atoms with Crippen molar-refractivity contribution in [3.8, 4) is 11.1 Å². The molecule has 0 bridgehead atoms. The molecule has 3 rings (SSSR count). The van der Waals surface area contributed by atoms with Gasteiger partial charge in [0.25, 0.3) is 0 Å². The number of benzene rings is 3. The Morgan fingerprint density at radius 1 is 0.909 bits per heavy atom. The summed E-state index contributed by atoms with van der Waals surface area (Å²) in [5.41, 5.74) is 5.05. The fourth-order valence-electron chi connectivity index (χ4n) is 3.70. The molecule has 6 nitrogen and oxygen atoms in total. The van der Waals surface area contributed by atoms with Crippen LogP contribution in [0.4, 0.5) is 0 Å². The number of hydrazone groups is 1. The van der Waals surface area contributed by atoms with Crippen molar-refractivity contribution in [3.05, 3.63) is 95.6 Å². The second-order valence-corrected chi connectivity index (χ2v) is 7.93. The number of nitrogens with zero attached hydrogens (tertiary/aromatic N) is 1. The third kappa shape index (κ3) is 7.61. The van der Waals surface area contributed by atoms with Gasteiger partial charge < -0.3 is 16.3 Å². The van der Waals surface area contributed by atoms with E-state index in [1.807, 2.05) is 78.9 Å². The van der Waals surface area contributed by atoms with Gasteiger partial charge in [-0.3, -0.25) is 9.59 Å². The predicted molar refractivity (Wildman–Crippen MR) is 131 cm³/mol. The Balaban J connectivity index is 1.52. The van der Waals surface area contributed by atoms with Crippen LogP contribution in [0.15, 0.2) is 84.0 Å². The summed E-state index contributed by atoms with van der Waals surface area (Å²) in [4.78, 5) is 23.9. The average molecular weight is 444 g/mol. The van der Waals surface area contributed by atoms with E-state index in [4.69, 9.17) is 5.84 Å². The lowest BCUT2D eigenvalue weighted by atomic mass is 9.99. The number of carbonyl (C=O) groups is 2. The van der Waals surface area contributed by atoms with E-state index < -0.39 is 12.0 Å². The van der Waals surface area contributed by atoms with Crippen LogP contribution in [0.5, 0.6) is 0 Å². The van der Waals surface area contributed by atoms with Gasteiger partial charge in [-0.15, -0.1) is 0 Å². The standard InChI is InChI=1S/C27H29N3O3/c28-29-19-21-12-10-20(11-13-21)6-4-5-9-26(31)30-25(18-27(32)33)24-16-14-23(15-17-24)22-7-2-1-3-8-22/h1-3,7-8,10-17,19,25H,4-6,9,18,28H2,(H,30,31)(H,32,33). The molecule has 1 amide bonds. The highest BCUT2D eigenvalue weighted by Crippen LogP contribution is 2.23. The van der Waals surface area contributed by atoms with E-state index >= 15 is 0 Å². The van der Waals surface area contributed by atoms with Crippen molar-refractivity contribution in [2.45, 2.75) is 38.1 Å². The Bertz CT molecular complexity index is 1060. The molecule has 1 unspecified atom stereocenters.